The molecule has 2 aliphatic rings. The summed E-state index contributed by atoms with van der Waals surface area (Å²) in [6, 6.07) is 7.10. The molecule has 0 radical (unpaired) electrons. The highest BCUT2D eigenvalue weighted by Gasteiger charge is 2.22. The van der Waals surface area contributed by atoms with Crippen LogP contribution in [-0.2, 0) is 27.2 Å². The van der Waals surface area contributed by atoms with Crippen LogP contribution in [0.25, 0.3) is 0 Å². The zero-order chi connectivity index (χ0) is 23.2. The first-order valence-electron chi connectivity index (χ1n) is 11.0. The van der Waals surface area contributed by atoms with Crippen LogP contribution in [0.1, 0.15) is 58.5 Å². The van der Waals surface area contributed by atoms with Gasteiger partial charge in [0.05, 0.1) is 12.0 Å². The highest BCUT2D eigenvalue weighted by molar-refractivity contribution is 7.16. The number of nitrogens with one attached hydrogen (secondary N) is 1. The normalized spacial score (nSPS) is 14.4. The highest BCUT2D eigenvalue weighted by atomic mass is 32.1. The Morgan fingerprint density at radius 2 is 1.85 bits per heavy atom. The van der Waals surface area contributed by atoms with Gasteiger partial charge in [-0.1, -0.05) is 6.42 Å². The number of ketones is 1. The molecule has 0 atom stereocenters. The van der Waals surface area contributed by atoms with Crippen molar-refractivity contribution in [3.05, 3.63) is 39.8 Å². The molecule has 4 rings (SSSR count). The minimum Gasteiger partial charge on any atom is -0.486 e. The third-order valence-electron chi connectivity index (χ3n) is 5.57. The van der Waals surface area contributed by atoms with Crippen molar-refractivity contribution >= 4 is 34.0 Å². The molecule has 172 valence electrons. The first-order valence-corrected chi connectivity index (χ1v) is 11.8. The second-order valence-electron chi connectivity index (χ2n) is 7.87. The Morgan fingerprint density at radius 3 is 2.67 bits per heavy atom. The van der Waals surface area contributed by atoms with E-state index in [1.165, 1.54) is 11.3 Å². The molecule has 1 N–H and O–H groups in total. The molecule has 9 heteroatoms. The average Bonchev–Trinajstić information content (AvgIpc) is 2.99. The summed E-state index contributed by atoms with van der Waals surface area (Å²) in [7, 11) is 0. The number of thiophene rings is 1. The molecule has 1 aliphatic heterocycles. The van der Waals surface area contributed by atoms with Crippen LogP contribution >= 0.6 is 11.3 Å². The van der Waals surface area contributed by atoms with Crippen molar-refractivity contribution in [2.75, 3.05) is 25.1 Å². The van der Waals surface area contributed by atoms with Gasteiger partial charge in [-0.05, 0) is 49.4 Å². The number of ether oxygens (including phenoxy) is 3. The van der Waals surface area contributed by atoms with Crippen molar-refractivity contribution < 1.29 is 28.6 Å². The molecule has 1 aliphatic carbocycles. The monoisotopic (exact) mass is 468 g/mol. The van der Waals surface area contributed by atoms with Gasteiger partial charge in [0.25, 0.3) is 5.91 Å². The van der Waals surface area contributed by atoms with Gasteiger partial charge in [-0.3, -0.25) is 14.4 Å². The summed E-state index contributed by atoms with van der Waals surface area (Å²) in [6.45, 7) is 0.416. The Bertz CT molecular complexity index is 1120. The minimum atomic E-state index is -0.640. The number of hydrogen-bond donors (Lipinski definition) is 1. The van der Waals surface area contributed by atoms with Crippen LogP contribution in [-0.4, -0.2) is 37.5 Å². The van der Waals surface area contributed by atoms with Gasteiger partial charge in [0.1, 0.15) is 24.3 Å². The molecule has 2 aromatic rings. The lowest BCUT2D eigenvalue weighted by atomic mass is 10.1. The van der Waals surface area contributed by atoms with Crippen LogP contribution in [0, 0.1) is 11.3 Å². The fourth-order valence-electron chi connectivity index (χ4n) is 3.91. The predicted molar refractivity (Wildman–Crippen MR) is 121 cm³/mol. The first kappa shape index (κ1) is 22.8. The maximum Gasteiger partial charge on any atom is 0.306 e. The van der Waals surface area contributed by atoms with E-state index in [9.17, 15) is 19.6 Å². The van der Waals surface area contributed by atoms with Crippen LogP contribution in [0.3, 0.4) is 0 Å². The second-order valence-corrected chi connectivity index (χ2v) is 8.98. The van der Waals surface area contributed by atoms with Gasteiger partial charge in [0, 0.05) is 16.9 Å². The number of hydrogen-bond acceptors (Lipinski definition) is 8. The van der Waals surface area contributed by atoms with E-state index in [2.05, 4.69) is 11.4 Å². The summed E-state index contributed by atoms with van der Waals surface area (Å²) in [5, 5.41) is 12.8. The maximum atomic E-state index is 12.4. The molecular weight excluding hydrogens is 444 g/mol. The topological polar surface area (TPSA) is 115 Å². The van der Waals surface area contributed by atoms with E-state index in [1.54, 1.807) is 18.2 Å². The fraction of sp³-hybridized carbons (Fsp3) is 0.417. The van der Waals surface area contributed by atoms with E-state index in [1.807, 2.05) is 0 Å². The lowest BCUT2D eigenvalue weighted by Gasteiger charge is -2.18. The van der Waals surface area contributed by atoms with E-state index < -0.39 is 18.5 Å². The molecule has 0 saturated heterocycles. The molecule has 33 heavy (non-hydrogen) atoms. The van der Waals surface area contributed by atoms with Crippen LogP contribution in [0.2, 0.25) is 0 Å². The Labute approximate surface area is 195 Å². The van der Waals surface area contributed by atoms with Gasteiger partial charge >= 0.3 is 5.97 Å². The number of carbonyl (C=O) groups is 3. The standard InChI is InChI=1S/C24H24N2O6S/c25-13-17-16-4-2-1-3-5-21(16)33-24(17)26-22(28)14-32-23(29)9-7-18(27)15-6-8-19-20(12-15)31-11-10-30-19/h6,8,12H,1-5,7,9-11,14H2,(H,26,28). The molecule has 1 aromatic carbocycles. The largest absolute Gasteiger partial charge is 0.486 e. The van der Waals surface area contributed by atoms with Gasteiger partial charge in [0.2, 0.25) is 0 Å². The Balaban J connectivity index is 1.25. The van der Waals surface area contributed by atoms with Crippen molar-refractivity contribution in [1.29, 1.82) is 5.26 Å². The third-order valence-corrected chi connectivity index (χ3v) is 6.78. The lowest BCUT2D eigenvalue weighted by molar-refractivity contribution is -0.147. The van der Waals surface area contributed by atoms with E-state index in [4.69, 9.17) is 14.2 Å². The predicted octanol–water partition coefficient (Wildman–Crippen LogP) is 3.80. The number of amides is 1. The average molecular weight is 469 g/mol. The van der Waals surface area contributed by atoms with Crippen molar-refractivity contribution in [3.63, 3.8) is 0 Å². The molecule has 0 fully saturated rings. The second kappa shape index (κ2) is 10.5. The van der Waals surface area contributed by atoms with Crippen LogP contribution in [0.5, 0.6) is 11.5 Å². The number of Topliss-reactive ketones (excluding diaryl/α,β-unsaturated/α-hetero) is 1. The van der Waals surface area contributed by atoms with Gasteiger partial charge < -0.3 is 19.5 Å². The lowest BCUT2D eigenvalue weighted by Crippen LogP contribution is -2.21. The van der Waals surface area contributed by atoms with Crippen LogP contribution in [0.4, 0.5) is 5.00 Å². The van der Waals surface area contributed by atoms with E-state index in [0.717, 1.165) is 42.5 Å². The van der Waals surface area contributed by atoms with E-state index >= 15 is 0 Å². The summed E-state index contributed by atoms with van der Waals surface area (Å²) in [5.74, 6) is -0.279. The van der Waals surface area contributed by atoms with E-state index in [-0.39, 0.29) is 18.6 Å². The highest BCUT2D eigenvalue weighted by Crippen LogP contribution is 2.37. The number of rotatable bonds is 7. The number of fused-ring (bicyclic) bond motifs is 2. The van der Waals surface area contributed by atoms with Crippen molar-refractivity contribution in [2.24, 2.45) is 0 Å². The van der Waals surface area contributed by atoms with Crippen molar-refractivity contribution in [1.82, 2.24) is 0 Å². The molecule has 0 unspecified atom stereocenters. The molecule has 1 amide bonds. The summed E-state index contributed by atoms with van der Waals surface area (Å²) in [4.78, 5) is 37.9. The summed E-state index contributed by atoms with van der Waals surface area (Å²) in [5.41, 5.74) is 1.97. The van der Waals surface area contributed by atoms with Gasteiger partial charge in [-0.25, -0.2) is 0 Å². The fourth-order valence-corrected chi connectivity index (χ4v) is 5.16. The number of esters is 1. The van der Waals surface area contributed by atoms with Gasteiger partial charge in [0.15, 0.2) is 23.9 Å². The molecule has 1 aromatic heterocycles. The third kappa shape index (κ3) is 5.52. The van der Waals surface area contributed by atoms with Gasteiger partial charge in [-0.2, -0.15) is 5.26 Å². The smallest absolute Gasteiger partial charge is 0.306 e. The molecular formula is C24H24N2O6S. The van der Waals surface area contributed by atoms with Crippen LogP contribution < -0.4 is 14.8 Å². The molecule has 0 bridgehead atoms. The minimum absolute atomic E-state index is 0.0453. The summed E-state index contributed by atoms with van der Waals surface area (Å²) >= 11 is 1.43. The Morgan fingerprint density at radius 1 is 1.06 bits per heavy atom. The number of anilines is 1. The van der Waals surface area contributed by atoms with Crippen molar-refractivity contribution in [3.8, 4) is 17.6 Å². The number of benzene rings is 1. The Kier molecular flexibility index (Phi) is 7.25. The molecule has 0 saturated carbocycles. The van der Waals surface area contributed by atoms with Gasteiger partial charge in [-0.15, -0.1) is 11.3 Å². The molecule has 0 spiro atoms. The maximum absolute atomic E-state index is 12.4. The quantitative estimate of drug-likeness (QED) is 0.373. The number of aryl methyl sites for hydroxylation is 1. The Hall–Kier alpha value is -3.38. The zero-order valence-electron chi connectivity index (χ0n) is 18.1. The molecule has 8 nitrogen and oxygen atoms in total. The number of nitrogens with zero attached hydrogens (tertiary/aromatic N) is 1. The summed E-state index contributed by atoms with van der Waals surface area (Å²) < 4.78 is 15.9. The summed E-state index contributed by atoms with van der Waals surface area (Å²) in [6.07, 6.45) is 4.82. The SMILES string of the molecule is N#Cc1c(NC(=O)COC(=O)CCC(=O)c2ccc3c(c2)OCCO3)sc2c1CCCCC2. The van der Waals surface area contributed by atoms with Crippen molar-refractivity contribution in [2.45, 2.75) is 44.9 Å². The molecule has 2 heterocycles. The number of nitriles is 1. The number of carbonyl (C=O) groups excluding carboxylic acids is 3. The van der Waals surface area contributed by atoms with E-state index in [0.29, 0.717) is 40.8 Å². The zero-order valence-corrected chi connectivity index (χ0v) is 18.9. The first-order chi connectivity index (χ1) is 16.0. The van der Waals surface area contributed by atoms with Crippen LogP contribution in [0.15, 0.2) is 18.2 Å².